The van der Waals surface area contributed by atoms with Crippen molar-refractivity contribution in [3.05, 3.63) is 29.8 Å². The van der Waals surface area contributed by atoms with Crippen LogP contribution in [0.1, 0.15) is 56.9 Å². The van der Waals surface area contributed by atoms with Gasteiger partial charge in [0.1, 0.15) is 0 Å². The average Bonchev–Trinajstić information content (AvgIpc) is 3.18. The minimum Gasteiger partial charge on any atom is -0.312 e. The summed E-state index contributed by atoms with van der Waals surface area (Å²) in [5, 5.41) is 1.55. The number of unbranched alkanes of at least 4 members (excludes halogenated alkanes) is 1. The van der Waals surface area contributed by atoms with Crippen LogP contribution >= 0.6 is 0 Å². The highest BCUT2D eigenvalue weighted by atomic mass is 16.7. The van der Waals surface area contributed by atoms with E-state index in [9.17, 15) is 9.59 Å². The topological polar surface area (TPSA) is 53.1 Å². The number of amides is 2. The number of aryl methyl sites for hydroxylation is 1. The molecule has 6 heteroatoms. The quantitative estimate of drug-likeness (QED) is 0.582. The van der Waals surface area contributed by atoms with Crippen molar-refractivity contribution in [1.82, 2.24) is 9.96 Å². The first kappa shape index (κ1) is 21.3. The van der Waals surface area contributed by atoms with Crippen LogP contribution < -0.4 is 4.90 Å². The normalized spacial score (nSPS) is 20.8. The fourth-order valence-electron chi connectivity index (χ4n) is 5.01. The summed E-state index contributed by atoms with van der Waals surface area (Å²) < 4.78 is 0. The fraction of sp³-hybridized carbons (Fsp3) is 0.667. The van der Waals surface area contributed by atoms with E-state index in [0.717, 1.165) is 50.5 Å². The molecule has 0 bridgehead atoms. The maximum atomic E-state index is 12.4. The van der Waals surface area contributed by atoms with Gasteiger partial charge in [0.05, 0.1) is 13.0 Å². The predicted molar refractivity (Wildman–Crippen MR) is 117 cm³/mol. The van der Waals surface area contributed by atoms with Gasteiger partial charge in [-0.2, -0.15) is 0 Å². The maximum Gasteiger partial charge on any atom is 0.248 e. The summed E-state index contributed by atoms with van der Waals surface area (Å²) in [6.07, 6.45) is 9.10. The Labute approximate surface area is 180 Å². The second-order valence-corrected chi connectivity index (χ2v) is 8.89. The number of nitrogens with zero attached hydrogens (tertiary/aromatic N) is 3. The molecule has 164 valence electrons. The van der Waals surface area contributed by atoms with Crippen molar-refractivity contribution in [2.45, 2.75) is 57.8 Å². The standard InChI is InChI=1S/C24H35N3O3/c28-23-10-9-21-7-1-2-8-22(21)26(23)15-5-14-25-17-11-20(12-18-25)6-3-4-16-27-24(29)13-19-30-27/h1-2,7-8,20H,3-6,9-19H2. The molecule has 2 amide bonds. The smallest absolute Gasteiger partial charge is 0.248 e. The van der Waals surface area contributed by atoms with Crippen LogP contribution in [0.4, 0.5) is 5.69 Å². The van der Waals surface area contributed by atoms with Crippen molar-refractivity contribution in [2.75, 3.05) is 44.2 Å². The molecule has 3 aliphatic rings. The van der Waals surface area contributed by atoms with Gasteiger partial charge in [-0.1, -0.05) is 31.0 Å². The summed E-state index contributed by atoms with van der Waals surface area (Å²) in [6, 6.07) is 8.33. The fourth-order valence-corrected chi connectivity index (χ4v) is 5.01. The SMILES string of the molecule is O=C1CCON1CCCCC1CCN(CCCN2C(=O)CCc3ccccc32)CC1. The van der Waals surface area contributed by atoms with E-state index in [2.05, 4.69) is 23.1 Å². The summed E-state index contributed by atoms with van der Waals surface area (Å²) in [5.41, 5.74) is 2.42. The summed E-state index contributed by atoms with van der Waals surface area (Å²) >= 11 is 0. The summed E-state index contributed by atoms with van der Waals surface area (Å²) in [5.74, 6) is 1.22. The van der Waals surface area contributed by atoms with Gasteiger partial charge in [0, 0.05) is 25.2 Å². The molecule has 0 aromatic heterocycles. The number of fused-ring (bicyclic) bond motifs is 1. The van der Waals surface area contributed by atoms with Crippen LogP contribution in [0.5, 0.6) is 0 Å². The monoisotopic (exact) mass is 413 g/mol. The van der Waals surface area contributed by atoms with Gasteiger partial charge < -0.3 is 9.80 Å². The number of likely N-dealkylation sites (tertiary alicyclic amines) is 1. The number of para-hydroxylation sites is 1. The lowest BCUT2D eigenvalue weighted by Gasteiger charge is -2.33. The van der Waals surface area contributed by atoms with E-state index < -0.39 is 0 Å². The van der Waals surface area contributed by atoms with Gasteiger partial charge in [-0.25, -0.2) is 5.06 Å². The molecule has 0 atom stereocenters. The Morgan fingerprint density at radius 1 is 0.867 bits per heavy atom. The van der Waals surface area contributed by atoms with E-state index in [1.54, 1.807) is 5.06 Å². The number of carbonyl (C=O) groups excluding carboxylic acids is 2. The molecule has 1 aromatic carbocycles. The van der Waals surface area contributed by atoms with E-state index in [4.69, 9.17) is 4.84 Å². The van der Waals surface area contributed by atoms with Gasteiger partial charge in [0.2, 0.25) is 11.8 Å². The molecule has 4 rings (SSSR count). The number of hydrogen-bond acceptors (Lipinski definition) is 4. The predicted octanol–water partition coefficient (Wildman–Crippen LogP) is 3.40. The Morgan fingerprint density at radius 3 is 2.50 bits per heavy atom. The van der Waals surface area contributed by atoms with Crippen LogP contribution in [0.25, 0.3) is 0 Å². The average molecular weight is 414 g/mol. The molecule has 6 nitrogen and oxygen atoms in total. The number of benzene rings is 1. The van der Waals surface area contributed by atoms with E-state index in [1.165, 1.54) is 44.3 Å². The molecular weight excluding hydrogens is 378 g/mol. The highest BCUT2D eigenvalue weighted by Crippen LogP contribution is 2.28. The highest BCUT2D eigenvalue weighted by Gasteiger charge is 2.24. The number of carbonyl (C=O) groups is 2. The molecule has 2 saturated heterocycles. The third-order valence-electron chi connectivity index (χ3n) is 6.82. The number of piperidine rings is 1. The minimum absolute atomic E-state index is 0.137. The van der Waals surface area contributed by atoms with Gasteiger partial charge in [0.25, 0.3) is 0 Å². The van der Waals surface area contributed by atoms with Crippen molar-refractivity contribution in [1.29, 1.82) is 0 Å². The van der Waals surface area contributed by atoms with Gasteiger partial charge >= 0.3 is 0 Å². The Morgan fingerprint density at radius 2 is 1.70 bits per heavy atom. The second-order valence-electron chi connectivity index (χ2n) is 8.89. The third kappa shape index (κ3) is 5.41. The molecule has 0 radical (unpaired) electrons. The highest BCUT2D eigenvalue weighted by molar-refractivity contribution is 5.96. The van der Waals surface area contributed by atoms with Crippen molar-refractivity contribution in [3.63, 3.8) is 0 Å². The molecule has 0 saturated carbocycles. The van der Waals surface area contributed by atoms with E-state index in [0.29, 0.717) is 19.4 Å². The van der Waals surface area contributed by atoms with Crippen molar-refractivity contribution in [2.24, 2.45) is 5.92 Å². The Bertz CT molecular complexity index is 730. The molecule has 3 heterocycles. The molecule has 0 aliphatic carbocycles. The number of hydrogen-bond donors (Lipinski definition) is 0. The lowest BCUT2D eigenvalue weighted by Crippen LogP contribution is -2.39. The first-order valence-electron chi connectivity index (χ1n) is 11.7. The number of anilines is 1. The van der Waals surface area contributed by atoms with Gasteiger partial charge in [-0.05, 0) is 69.3 Å². The number of hydroxylamine groups is 2. The van der Waals surface area contributed by atoms with Crippen LogP contribution in [-0.2, 0) is 20.8 Å². The Kier molecular flexibility index (Phi) is 7.39. The van der Waals surface area contributed by atoms with Crippen LogP contribution in [0, 0.1) is 5.92 Å². The Hall–Kier alpha value is -1.92. The third-order valence-corrected chi connectivity index (χ3v) is 6.82. The van der Waals surface area contributed by atoms with Crippen molar-refractivity contribution >= 4 is 17.5 Å². The van der Waals surface area contributed by atoms with E-state index >= 15 is 0 Å². The first-order chi connectivity index (χ1) is 14.7. The molecule has 0 unspecified atom stereocenters. The van der Waals surface area contributed by atoms with Crippen LogP contribution in [0.2, 0.25) is 0 Å². The zero-order valence-electron chi connectivity index (χ0n) is 18.1. The summed E-state index contributed by atoms with van der Waals surface area (Å²) in [4.78, 5) is 33.8. The molecule has 2 fully saturated rings. The minimum atomic E-state index is 0.137. The van der Waals surface area contributed by atoms with Crippen molar-refractivity contribution in [3.8, 4) is 0 Å². The van der Waals surface area contributed by atoms with Crippen molar-refractivity contribution < 1.29 is 14.4 Å². The number of rotatable bonds is 9. The first-order valence-corrected chi connectivity index (χ1v) is 11.7. The maximum absolute atomic E-state index is 12.4. The largest absolute Gasteiger partial charge is 0.312 e. The molecule has 3 aliphatic heterocycles. The summed E-state index contributed by atoms with van der Waals surface area (Å²) in [7, 11) is 0. The molecule has 30 heavy (non-hydrogen) atoms. The van der Waals surface area contributed by atoms with Crippen LogP contribution in [-0.4, -0.2) is 61.1 Å². The van der Waals surface area contributed by atoms with E-state index in [1.807, 2.05) is 11.0 Å². The zero-order valence-corrected chi connectivity index (χ0v) is 18.1. The molecule has 0 spiro atoms. The second kappa shape index (κ2) is 10.4. The molecule has 1 aromatic rings. The van der Waals surface area contributed by atoms with Crippen LogP contribution in [0.3, 0.4) is 0 Å². The van der Waals surface area contributed by atoms with Gasteiger partial charge in [-0.15, -0.1) is 0 Å². The Balaban J connectivity index is 1.11. The molecular formula is C24H35N3O3. The molecule has 0 N–H and O–H groups in total. The van der Waals surface area contributed by atoms with Gasteiger partial charge in [0.15, 0.2) is 0 Å². The lowest BCUT2D eigenvalue weighted by atomic mass is 9.91. The van der Waals surface area contributed by atoms with Crippen LogP contribution in [0.15, 0.2) is 24.3 Å². The van der Waals surface area contributed by atoms with Gasteiger partial charge in [-0.3, -0.25) is 14.4 Å². The lowest BCUT2D eigenvalue weighted by molar-refractivity contribution is -0.161. The summed E-state index contributed by atoms with van der Waals surface area (Å²) in [6.45, 7) is 5.54. The van der Waals surface area contributed by atoms with E-state index in [-0.39, 0.29) is 11.8 Å². The zero-order chi connectivity index (χ0) is 20.8.